The van der Waals surface area contributed by atoms with Crippen LogP contribution in [0.1, 0.15) is 18.0 Å². The fourth-order valence-electron chi connectivity index (χ4n) is 3.25. The second-order valence-electron chi connectivity index (χ2n) is 6.05. The third kappa shape index (κ3) is 4.05. The minimum Gasteiger partial charge on any atom is -0.496 e. The second kappa shape index (κ2) is 8.33. The Morgan fingerprint density at radius 1 is 1.23 bits per heavy atom. The van der Waals surface area contributed by atoms with Gasteiger partial charge in [-0.15, -0.1) is 0 Å². The SMILES string of the molecule is COc1ccc(Cl)cc1C(C(=O)O)N1CCCN(c2ncccn2)CC1. The van der Waals surface area contributed by atoms with Crippen molar-refractivity contribution in [3.8, 4) is 5.75 Å². The van der Waals surface area contributed by atoms with Crippen LogP contribution in [0.3, 0.4) is 0 Å². The van der Waals surface area contributed by atoms with E-state index in [9.17, 15) is 9.90 Å². The molecule has 1 saturated heterocycles. The first-order valence-corrected chi connectivity index (χ1v) is 8.80. The average Bonchev–Trinajstić information content (AvgIpc) is 2.89. The Morgan fingerprint density at radius 3 is 2.69 bits per heavy atom. The summed E-state index contributed by atoms with van der Waals surface area (Å²) in [4.78, 5) is 24.7. The van der Waals surface area contributed by atoms with Crippen LogP contribution in [0.2, 0.25) is 5.02 Å². The van der Waals surface area contributed by atoms with E-state index in [1.54, 1.807) is 36.7 Å². The Balaban J connectivity index is 1.83. The van der Waals surface area contributed by atoms with Gasteiger partial charge in [-0.3, -0.25) is 9.69 Å². The largest absolute Gasteiger partial charge is 0.496 e. The van der Waals surface area contributed by atoms with Crippen LogP contribution in [0.15, 0.2) is 36.7 Å². The van der Waals surface area contributed by atoms with Gasteiger partial charge in [-0.05, 0) is 30.7 Å². The molecule has 1 N–H and O–H groups in total. The van der Waals surface area contributed by atoms with Crippen molar-refractivity contribution in [3.63, 3.8) is 0 Å². The highest BCUT2D eigenvalue weighted by Gasteiger charge is 2.32. The van der Waals surface area contributed by atoms with Gasteiger partial charge in [0.05, 0.1) is 7.11 Å². The lowest BCUT2D eigenvalue weighted by molar-refractivity contribution is -0.143. The molecule has 0 spiro atoms. The Labute approximate surface area is 157 Å². The van der Waals surface area contributed by atoms with Crippen molar-refractivity contribution >= 4 is 23.5 Å². The molecule has 1 atom stereocenters. The molecule has 1 aromatic carbocycles. The van der Waals surface area contributed by atoms with Gasteiger partial charge in [0, 0.05) is 49.2 Å². The number of carbonyl (C=O) groups is 1. The highest BCUT2D eigenvalue weighted by atomic mass is 35.5. The van der Waals surface area contributed by atoms with E-state index in [0.717, 1.165) is 13.0 Å². The number of nitrogens with zero attached hydrogens (tertiary/aromatic N) is 4. The number of aliphatic carboxylic acids is 1. The minimum atomic E-state index is -0.921. The zero-order valence-electron chi connectivity index (χ0n) is 14.5. The molecule has 1 aliphatic rings. The van der Waals surface area contributed by atoms with Crippen LogP contribution in [0, 0.1) is 0 Å². The number of methoxy groups -OCH3 is 1. The lowest BCUT2D eigenvalue weighted by atomic mass is 10.0. The number of ether oxygens (including phenoxy) is 1. The van der Waals surface area contributed by atoms with Gasteiger partial charge in [0.2, 0.25) is 5.95 Å². The molecular formula is C18H21ClN4O3. The molecule has 0 radical (unpaired) electrons. The molecule has 2 aromatic rings. The smallest absolute Gasteiger partial charge is 0.325 e. The molecule has 0 bridgehead atoms. The lowest BCUT2D eigenvalue weighted by Gasteiger charge is -2.29. The number of benzene rings is 1. The number of carboxylic acids is 1. The molecule has 26 heavy (non-hydrogen) atoms. The van der Waals surface area contributed by atoms with Gasteiger partial charge in [-0.25, -0.2) is 9.97 Å². The number of rotatable bonds is 5. The topological polar surface area (TPSA) is 78.8 Å². The third-order valence-corrected chi connectivity index (χ3v) is 4.69. The maximum absolute atomic E-state index is 12.1. The standard InChI is InChI=1S/C18H21ClN4O3/c1-26-15-5-4-13(19)12-14(15)16(17(24)25)22-8-3-9-23(11-10-22)18-20-6-2-7-21-18/h2,4-7,12,16H,3,8-11H2,1H3,(H,24,25). The van der Waals surface area contributed by atoms with Crippen LogP contribution in [0.25, 0.3) is 0 Å². The summed E-state index contributed by atoms with van der Waals surface area (Å²) in [5.74, 6) is 0.269. The molecule has 0 aliphatic carbocycles. The predicted molar refractivity (Wildman–Crippen MR) is 98.8 cm³/mol. The highest BCUT2D eigenvalue weighted by molar-refractivity contribution is 6.30. The van der Waals surface area contributed by atoms with Gasteiger partial charge in [0.15, 0.2) is 0 Å². The van der Waals surface area contributed by atoms with Gasteiger partial charge in [-0.2, -0.15) is 0 Å². The zero-order chi connectivity index (χ0) is 18.5. The van der Waals surface area contributed by atoms with Crippen LogP contribution < -0.4 is 9.64 Å². The first kappa shape index (κ1) is 18.4. The summed E-state index contributed by atoms with van der Waals surface area (Å²) in [5, 5.41) is 10.4. The Bertz CT molecular complexity index is 759. The number of aromatic nitrogens is 2. The van der Waals surface area contributed by atoms with Crippen molar-refractivity contribution in [2.45, 2.75) is 12.5 Å². The average molecular weight is 377 g/mol. The van der Waals surface area contributed by atoms with Gasteiger partial charge in [-0.1, -0.05) is 11.6 Å². The molecule has 1 aliphatic heterocycles. The molecule has 0 saturated carbocycles. The zero-order valence-corrected chi connectivity index (χ0v) is 15.3. The van der Waals surface area contributed by atoms with E-state index in [2.05, 4.69) is 14.9 Å². The van der Waals surface area contributed by atoms with Crippen LogP contribution in [-0.2, 0) is 4.79 Å². The van der Waals surface area contributed by atoms with Crippen molar-refractivity contribution < 1.29 is 14.6 Å². The Hall–Kier alpha value is -2.38. The fraction of sp³-hybridized carbons (Fsp3) is 0.389. The molecular weight excluding hydrogens is 356 g/mol. The Morgan fingerprint density at radius 2 is 2.00 bits per heavy atom. The van der Waals surface area contributed by atoms with E-state index in [-0.39, 0.29) is 0 Å². The fourth-order valence-corrected chi connectivity index (χ4v) is 3.44. The van der Waals surface area contributed by atoms with E-state index >= 15 is 0 Å². The summed E-state index contributed by atoms with van der Waals surface area (Å²) in [6.07, 6.45) is 4.23. The Kier molecular flexibility index (Phi) is 5.90. The lowest BCUT2D eigenvalue weighted by Crippen LogP contribution is -2.37. The van der Waals surface area contributed by atoms with Crippen molar-refractivity contribution in [1.82, 2.24) is 14.9 Å². The summed E-state index contributed by atoms with van der Waals surface area (Å²) in [7, 11) is 1.53. The molecule has 1 aromatic heterocycles. The van der Waals surface area contributed by atoms with E-state index in [1.165, 1.54) is 7.11 Å². The molecule has 7 nitrogen and oxygen atoms in total. The minimum absolute atomic E-state index is 0.487. The van der Waals surface area contributed by atoms with E-state index in [0.29, 0.717) is 41.9 Å². The number of carboxylic acid groups (broad SMARTS) is 1. The summed E-state index contributed by atoms with van der Waals surface area (Å²) in [5.41, 5.74) is 0.567. The van der Waals surface area contributed by atoms with Crippen molar-refractivity contribution in [3.05, 3.63) is 47.2 Å². The maximum atomic E-state index is 12.1. The van der Waals surface area contributed by atoms with E-state index in [4.69, 9.17) is 16.3 Å². The number of hydrogen-bond donors (Lipinski definition) is 1. The van der Waals surface area contributed by atoms with Gasteiger partial charge in [0.1, 0.15) is 11.8 Å². The number of anilines is 1. The molecule has 138 valence electrons. The summed E-state index contributed by atoms with van der Waals surface area (Å²) < 4.78 is 5.36. The molecule has 8 heteroatoms. The molecule has 1 unspecified atom stereocenters. The first-order chi connectivity index (χ1) is 12.6. The van der Waals surface area contributed by atoms with Crippen LogP contribution in [-0.4, -0.2) is 59.2 Å². The molecule has 1 fully saturated rings. The summed E-state index contributed by atoms with van der Waals surface area (Å²) in [6.45, 7) is 2.65. The van der Waals surface area contributed by atoms with Crippen molar-refractivity contribution in [2.24, 2.45) is 0 Å². The van der Waals surface area contributed by atoms with Crippen LogP contribution in [0.4, 0.5) is 5.95 Å². The monoisotopic (exact) mass is 376 g/mol. The third-order valence-electron chi connectivity index (χ3n) is 4.45. The van der Waals surface area contributed by atoms with E-state index in [1.807, 2.05) is 4.90 Å². The molecule has 3 rings (SSSR count). The molecule has 2 heterocycles. The van der Waals surface area contributed by atoms with Gasteiger partial charge in [0.25, 0.3) is 0 Å². The number of halogens is 1. The van der Waals surface area contributed by atoms with Gasteiger partial charge < -0.3 is 14.7 Å². The predicted octanol–water partition coefficient (Wildman–Crippen LogP) is 2.48. The maximum Gasteiger partial charge on any atom is 0.325 e. The van der Waals surface area contributed by atoms with Gasteiger partial charge >= 0.3 is 5.97 Å². The first-order valence-electron chi connectivity index (χ1n) is 8.42. The summed E-state index contributed by atoms with van der Waals surface area (Å²) >= 11 is 6.11. The second-order valence-corrected chi connectivity index (χ2v) is 6.49. The van der Waals surface area contributed by atoms with Crippen LogP contribution >= 0.6 is 11.6 Å². The van der Waals surface area contributed by atoms with E-state index < -0.39 is 12.0 Å². The number of hydrogen-bond acceptors (Lipinski definition) is 6. The molecule has 0 amide bonds. The van der Waals surface area contributed by atoms with Crippen molar-refractivity contribution in [2.75, 3.05) is 38.2 Å². The highest BCUT2D eigenvalue weighted by Crippen LogP contribution is 2.33. The summed E-state index contributed by atoms with van der Waals surface area (Å²) in [6, 6.07) is 6.02. The normalized spacial score (nSPS) is 16.8. The quantitative estimate of drug-likeness (QED) is 0.858. The van der Waals surface area contributed by atoms with Crippen molar-refractivity contribution in [1.29, 1.82) is 0 Å². The van der Waals surface area contributed by atoms with Crippen LogP contribution in [0.5, 0.6) is 5.75 Å².